The molecule has 1 aromatic heterocycles. The van der Waals surface area contributed by atoms with E-state index in [9.17, 15) is 15.2 Å². The second kappa shape index (κ2) is 5.29. The van der Waals surface area contributed by atoms with Crippen LogP contribution < -0.4 is 4.90 Å². The maximum absolute atomic E-state index is 11.2. The van der Waals surface area contributed by atoms with Crippen LogP contribution in [0.15, 0.2) is 30.6 Å². The number of rotatable bonds is 3. The average molecular weight is 287 g/mol. The zero-order chi connectivity index (χ0) is 15.0. The molecule has 1 aliphatic rings. The summed E-state index contributed by atoms with van der Waals surface area (Å²) in [6.07, 6.45) is 4.23. The van der Waals surface area contributed by atoms with Gasteiger partial charge >= 0.3 is 0 Å². The molecule has 0 spiro atoms. The molecule has 0 bridgehead atoms. The summed E-state index contributed by atoms with van der Waals surface area (Å²) in [5, 5.41) is 22.1. The molecule has 0 amide bonds. The first-order chi connectivity index (χ1) is 10.1. The Bertz CT molecular complexity index is 689. The first-order valence-corrected chi connectivity index (χ1v) is 7.02. The zero-order valence-corrected chi connectivity index (χ0v) is 11.8. The van der Waals surface area contributed by atoms with E-state index in [0.29, 0.717) is 11.3 Å². The summed E-state index contributed by atoms with van der Waals surface area (Å²) in [7, 11) is 0. The molecule has 1 saturated heterocycles. The normalized spacial score (nSPS) is 21.9. The monoisotopic (exact) mass is 287 g/mol. The number of benzene rings is 1. The van der Waals surface area contributed by atoms with Crippen molar-refractivity contribution in [3.05, 3.63) is 40.7 Å². The number of fused-ring (bicyclic) bond motifs is 1. The molecular formula is C15H17N3O3. The van der Waals surface area contributed by atoms with Crippen LogP contribution in [0.1, 0.15) is 13.3 Å². The van der Waals surface area contributed by atoms with Gasteiger partial charge in [-0.2, -0.15) is 0 Å². The predicted octanol–water partition coefficient (Wildman–Crippen LogP) is 2.35. The molecule has 2 unspecified atom stereocenters. The number of anilines is 1. The smallest absolute Gasteiger partial charge is 0.277 e. The van der Waals surface area contributed by atoms with E-state index in [1.54, 1.807) is 24.5 Å². The summed E-state index contributed by atoms with van der Waals surface area (Å²) in [5.41, 5.74) is 0.996. The highest BCUT2D eigenvalue weighted by atomic mass is 16.6. The summed E-state index contributed by atoms with van der Waals surface area (Å²) in [4.78, 5) is 17.0. The van der Waals surface area contributed by atoms with Crippen molar-refractivity contribution in [2.24, 2.45) is 5.92 Å². The number of nitrogens with zero attached hydrogens (tertiary/aromatic N) is 3. The molecule has 6 heteroatoms. The lowest BCUT2D eigenvalue weighted by Gasteiger charge is -2.28. The van der Waals surface area contributed by atoms with Gasteiger partial charge in [-0.3, -0.25) is 15.1 Å². The van der Waals surface area contributed by atoms with Gasteiger partial charge in [0.05, 0.1) is 23.0 Å². The molecule has 2 atom stereocenters. The molecule has 1 aromatic carbocycles. The molecule has 0 radical (unpaired) electrons. The van der Waals surface area contributed by atoms with E-state index >= 15 is 0 Å². The van der Waals surface area contributed by atoms with Gasteiger partial charge in [0.25, 0.3) is 5.69 Å². The largest absolute Gasteiger partial charge is 0.394 e. The van der Waals surface area contributed by atoms with Crippen LogP contribution in [-0.2, 0) is 0 Å². The van der Waals surface area contributed by atoms with Crippen molar-refractivity contribution >= 4 is 22.1 Å². The number of pyridine rings is 1. The number of nitro benzene ring substituents is 1. The lowest BCUT2D eigenvalue weighted by Crippen LogP contribution is -2.35. The number of aliphatic hydroxyl groups is 1. The Kier molecular flexibility index (Phi) is 3.47. The molecule has 3 rings (SSSR count). The highest BCUT2D eigenvalue weighted by molar-refractivity contribution is 5.99. The Morgan fingerprint density at radius 2 is 2.24 bits per heavy atom. The molecule has 2 heterocycles. The van der Waals surface area contributed by atoms with Crippen molar-refractivity contribution in [2.75, 3.05) is 18.1 Å². The molecule has 110 valence electrons. The quantitative estimate of drug-likeness (QED) is 0.692. The second-order valence-corrected chi connectivity index (χ2v) is 5.49. The van der Waals surface area contributed by atoms with E-state index in [1.807, 2.05) is 0 Å². The third-order valence-electron chi connectivity index (χ3n) is 4.35. The molecule has 2 aromatic rings. The van der Waals surface area contributed by atoms with Crippen LogP contribution in [0.4, 0.5) is 11.4 Å². The van der Waals surface area contributed by atoms with Crippen molar-refractivity contribution in [3.8, 4) is 0 Å². The van der Waals surface area contributed by atoms with Crippen LogP contribution in [-0.4, -0.2) is 34.2 Å². The van der Waals surface area contributed by atoms with Crippen LogP contribution in [0.3, 0.4) is 0 Å². The number of hydrogen-bond donors (Lipinski definition) is 1. The summed E-state index contributed by atoms with van der Waals surface area (Å²) in [6, 6.07) is 5.03. The number of nitro groups is 1. The molecule has 0 aliphatic carbocycles. The molecule has 1 N–H and O–H groups in total. The van der Waals surface area contributed by atoms with Crippen molar-refractivity contribution in [3.63, 3.8) is 0 Å². The molecule has 0 saturated carbocycles. The Morgan fingerprint density at radius 1 is 1.43 bits per heavy atom. The van der Waals surface area contributed by atoms with E-state index in [-0.39, 0.29) is 23.3 Å². The predicted molar refractivity (Wildman–Crippen MR) is 80.4 cm³/mol. The first kappa shape index (κ1) is 13.8. The fraction of sp³-hybridized carbons (Fsp3) is 0.400. The van der Waals surface area contributed by atoms with Crippen LogP contribution in [0.5, 0.6) is 0 Å². The van der Waals surface area contributed by atoms with Crippen molar-refractivity contribution in [1.82, 2.24) is 4.98 Å². The van der Waals surface area contributed by atoms with Gasteiger partial charge in [-0.25, -0.2) is 0 Å². The van der Waals surface area contributed by atoms with E-state index in [0.717, 1.165) is 24.0 Å². The van der Waals surface area contributed by atoms with Crippen molar-refractivity contribution < 1.29 is 10.0 Å². The average Bonchev–Trinajstić information content (AvgIpc) is 2.86. The number of aliphatic hydroxyl groups excluding tert-OH is 1. The maximum Gasteiger partial charge on any atom is 0.277 e. The Morgan fingerprint density at radius 3 is 2.95 bits per heavy atom. The second-order valence-electron chi connectivity index (χ2n) is 5.49. The molecule has 1 aliphatic heterocycles. The van der Waals surface area contributed by atoms with E-state index in [2.05, 4.69) is 16.8 Å². The van der Waals surface area contributed by atoms with Crippen LogP contribution in [0.25, 0.3) is 10.8 Å². The molecule has 21 heavy (non-hydrogen) atoms. The van der Waals surface area contributed by atoms with E-state index in [4.69, 9.17) is 0 Å². The fourth-order valence-electron chi connectivity index (χ4n) is 3.15. The van der Waals surface area contributed by atoms with Crippen LogP contribution in [0, 0.1) is 16.0 Å². The van der Waals surface area contributed by atoms with Crippen molar-refractivity contribution in [1.29, 1.82) is 0 Å². The van der Waals surface area contributed by atoms with Gasteiger partial charge in [0.2, 0.25) is 0 Å². The third-order valence-corrected chi connectivity index (χ3v) is 4.35. The van der Waals surface area contributed by atoms with Crippen LogP contribution in [0.2, 0.25) is 0 Å². The summed E-state index contributed by atoms with van der Waals surface area (Å²) >= 11 is 0. The van der Waals surface area contributed by atoms with E-state index < -0.39 is 0 Å². The summed E-state index contributed by atoms with van der Waals surface area (Å²) in [6.45, 7) is 3.04. The van der Waals surface area contributed by atoms with Gasteiger partial charge in [0.15, 0.2) is 0 Å². The topological polar surface area (TPSA) is 79.5 Å². The van der Waals surface area contributed by atoms with Gasteiger partial charge in [-0.05, 0) is 24.5 Å². The minimum absolute atomic E-state index is 0.0508. The minimum atomic E-state index is -0.373. The minimum Gasteiger partial charge on any atom is -0.394 e. The molecule has 6 nitrogen and oxygen atoms in total. The van der Waals surface area contributed by atoms with Crippen LogP contribution >= 0.6 is 0 Å². The first-order valence-electron chi connectivity index (χ1n) is 7.02. The fourth-order valence-corrected chi connectivity index (χ4v) is 3.15. The highest BCUT2D eigenvalue weighted by Crippen LogP contribution is 2.37. The Balaban J connectivity index is 2.16. The zero-order valence-electron chi connectivity index (χ0n) is 11.8. The lowest BCUT2D eigenvalue weighted by atomic mass is 10.0. The number of hydrogen-bond acceptors (Lipinski definition) is 5. The third kappa shape index (κ3) is 2.21. The Hall–Kier alpha value is -2.21. The highest BCUT2D eigenvalue weighted by Gasteiger charge is 2.32. The number of non-ortho nitro benzene ring substituents is 1. The van der Waals surface area contributed by atoms with Gasteiger partial charge in [-0.15, -0.1) is 0 Å². The van der Waals surface area contributed by atoms with Gasteiger partial charge in [0, 0.05) is 36.1 Å². The van der Waals surface area contributed by atoms with Crippen molar-refractivity contribution in [2.45, 2.75) is 19.4 Å². The van der Waals surface area contributed by atoms with Gasteiger partial charge < -0.3 is 10.0 Å². The SMILES string of the molecule is CC1CCN(c2ccc([N+](=O)[O-])c3ccncc23)C1CO. The maximum atomic E-state index is 11.2. The lowest BCUT2D eigenvalue weighted by molar-refractivity contribution is -0.383. The molecule has 1 fully saturated rings. The number of aromatic nitrogens is 1. The Labute approximate surface area is 122 Å². The summed E-state index contributed by atoms with van der Waals surface area (Å²) in [5.74, 6) is 0.400. The van der Waals surface area contributed by atoms with Gasteiger partial charge in [-0.1, -0.05) is 6.92 Å². The van der Waals surface area contributed by atoms with Gasteiger partial charge in [0.1, 0.15) is 0 Å². The van der Waals surface area contributed by atoms with E-state index in [1.165, 1.54) is 6.07 Å². The standard InChI is InChI=1S/C15H17N3O3/c1-10-5-7-17(15(10)9-19)13-2-3-14(18(20)21)11-4-6-16-8-12(11)13/h2-4,6,8,10,15,19H,5,7,9H2,1H3. The molecular weight excluding hydrogens is 270 g/mol. The summed E-state index contributed by atoms with van der Waals surface area (Å²) < 4.78 is 0.